The van der Waals surface area contributed by atoms with Gasteiger partial charge in [0, 0.05) is 18.5 Å². The molecule has 7 heteroatoms. The minimum absolute atomic E-state index is 0.121. The fourth-order valence-corrected chi connectivity index (χ4v) is 1.26. The average Bonchev–Trinajstić information content (AvgIpc) is 2.39. The smallest absolute Gasteiger partial charge is 0.264 e. The molecule has 1 aromatic heterocycles. The first kappa shape index (κ1) is 12.9. The summed E-state index contributed by atoms with van der Waals surface area (Å²) in [6.45, 7) is -0.430. The molecule has 2 aromatic rings. The van der Waals surface area contributed by atoms with E-state index in [1.807, 2.05) is 0 Å². The van der Waals surface area contributed by atoms with Crippen LogP contribution in [0.3, 0.4) is 0 Å². The van der Waals surface area contributed by atoms with E-state index in [0.717, 1.165) is 12.1 Å². The van der Waals surface area contributed by atoms with Crippen molar-refractivity contribution in [2.75, 3.05) is 11.9 Å². The second-order valence-corrected chi connectivity index (χ2v) is 3.48. The normalized spacial score (nSPS) is 10.0. The average molecular weight is 265 g/mol. The van der Waals surface area contributed by atoms with Crippen LogP contribution in [-0.2, 0) is 4.79 Å². The van der Waals surface area contributed by atoms with Crippen LogP contribution in [-0.4, -0.2) is 22.5 Å². The van der Waals surface area contributed by atoms with Crippen LogP contribution in [0.15, 0.2) is 36.7 Å². The lowest BCUT2D eigenvalue weighted by atomic mass is 10.3. The summed E-state index contributed by atoms with van der Waals surface area (Å²) < 4.78 is 30.8. The molecule has 1 amide bonds. The summed E-state index contributed by atoms with van der Waals surface area (Å²) in [6.07, 6.45) is 2.92. The predicted octanol–water partition coefficient (Wildman–Crippen LogP) is 1.77. The van der Waals surface area contributed by atoms with E-state index in [-0.39, 0.29) is 11.7 Å². The number of anilines is 1. The maximum Gasteiger partial charge on any atom is 0.264 e. The maximum atomic E-state index is 13.2. The third-order valence-corrected chi connectivity index (χ3v) is 2.07. The third kappa shape index (κ3) is 3.70. The molecule has 0 atom stereocenters. The molecule has 0 aliphatic carbocycles. The zero-order valence-corrected chi connectivity index (χ0v) is 9.64. The first-order chi connectivity index (χ1) is 9.15. The van der Waals surface area contributed by atoms with Gasteiger partial charge in [0.1, 0.15) is 5.82 Å². The number of ether oxygens (including phenoxy) is 1. The highest BCUT2D eigenvalue weighted by Gasteiger charge is 2.08. The van der Waals surface area contributed by atoms with Gasteiger partial charge in [-0.2, -0.15) is 0 Å². The summed E-state index contributed by atoms with van der Waals surface area (Å²) in [5, 5.41) is 2.36. The summed E-state index contributed by atoms with van der Waals surface area (Å²) in [5.74, 6) is -2.22. The largest absolute Gasteiger partial charge is 0.481 e. The van der Waals surface area contributed by atoms with E-state index >= 15 is 0 Å². The lowest BCUT2D eigenvalue weighted by Crippen LogP contribution is -2.21. The van der Waals surface area contributed by atoms with Gasteiger partial charge in [0.25, 0.3) is 5.91 Å². The number of benzene rings is 1. The van der Waals surface area contributed by atoms with E-state index in [1.165, 1.54) is 12.4 Å². The SMILES string of the molecule is O=C(COc1ccc(F)cc1F)Nc1ncccn1. The summed E-state index contributed by atoms with van der Waals surface area (Å²) in [4.78, 5) is 19.0. The van der Waals surface area contributed by atoms with Crippen LogP contribution in [0.2, 0.25) is 0 Å². The van der Waals surface area contributed by atoms with Gasteiger partial charge >= 0.3 is 0 Å². The Hall–Kier alpha value is -2.57. The Morgan fingerprint density at radius 1 is 1.26 bits per heavy atom. The zero-order chi connectivity index (χ0) is 13.7. The van der Waals surface area contributed by atoms with Crippen LogP contribution in [0, 0.1) is 11.6 Å². The molecule has 0 unspecified atom stereocenters. The highest BCUT2D eigenvalue weighted by atomic mass is 19.1. The third-order valence-electron chi connectivity index (χ3n) is 2.07. The Morgan fingerprint density at radius 2 is 2.00 bits per heavy atom. The maximum absolute atomic E-state index is 13.2. The fraction of sp³-hybridized carbons (Fsp3) is 0.0833. The van der Waals surface area contributed by atoms with Crippen LogP contribution < -0.4 is 10.1 Å². The number of carbonyl (C=O) groups excluding carboxylic acids is 1. The molecule has 0 saturated heterocycles. The lowest BCUT2D eigenvalue weighted by Gasteiger charge is -2.07. The molecule has 1 heterocycles. The Morgan fingerprint density at radius 3 is 2.68 bits per heavy atom. The Balaban J connectivity index is 1.90. The Kier molecular flexibility index (Phi) is 3.97. The van der Waals surface area contributed by atoms with Crippen LogP contribution in [0.1, 0.15) is 0 Å². The number of halogens is 2. The van der Waals surface area contributed by atoms with Crippen molar-refractivity contribution in [3.63, 3.8) is 0 Å². The molecule has 0 aliphatic rings. The van der Waals surface area contributed by atoms with E-state index in [4.69, 9.17) is 4.74 Å². The molecule has 1 aromatic carbocycles. The number of amides is 1. The molecule has 1 N–H and O–H groups in total. The molecule has 0 radical (unpaired) electrons. The minimum atomic E-state index is -0.872. The monoisotopic (exact) mass is 265 g/mol. The van der Waals surface area contributed by atoms with Crippen molar-refractivity contribution in [2.24, 2.45) is 0 Å². The molecule has 0 fully saturated rings. The number of rotatable bonds is 4. The van der Waals surface area contributed by atoms with Crippen LogP contribution in [0.4, 0.5) is 14.7 Å². The standard InChI is InChI=1S/C12H9F2N3O2/c13-8-2-3-10(9(14)6-8)19-7-11(18)17-12-15-4-1-5-16-12/h1-6H,7H2,(H,15,16,17,18). The topological polar surface area (TPSA) is 64.1 Å². The van der Waals surface area contributed by atoms with Crippen molar-refractivity contribution in [3.05, 3.63) is 48.3 Å². The second kappa shape index (κ2) is 5.85. The van der Waals surface area contributed by atoms with Gasteiger partial charge in [-0.1, -0.05) is 0 Å². The van der Waals surface area contributed by atoms with Crippen molar-refractivity contribution in [2.45, 2.75) is 0 Å². The highest BCUT2D eigenvalue weighted by Crippen LogP contribution is 2.17. The van der Waals surface area contributed by atoms with Crippen molar-refractivity contribution in [1.29, 1.82) is 0 Å². The molecule has 19 heavy (non-hydrogen) atoms. The van der Waals surface area contributed by atoms with Gasteiger partial charge in [0.05, 0.1) is 0 Å². The van der Waals surface area contributed by atoms with Crippen molar-refractivity contribution < 1.29 is 18.3 Å². The Bertz CT molecular complexity index is 578. The predicted molar refractivity (Wildman–Crippen MR) is 62.5 cm³/mol. The van der Waals surface area contributed by atoms with Gasteiger partial charge in [0.2, 0.25) is 5.95 Å². The van der Waals surface area contributed by atoms with Gasteiger partial charge in [-0.15, -0.1) is 0 Å². The van der Waals surface area contributed by atoms with Crippen LogP contribution in [0.25, 0.3) is 0 Å². The number of nitrogens with one attached hydrogen (secondary N) is 1. The van der Waals surface area contributed by atoms with E-state index in [9.17, 15) is 13.6 Å². The van der Waals surface area contributed by atoms with E-state index in [0.29, 0.717) is 6.07 Å². The minimum Gasteiger partial charge on any atom is -0.481 e. The quantitative estimate of drug-likeness (QED) is 0.915. The molecular formula is C12H9F2N3O2. The fourth-order valence-electron chi connectivity index (χ4n) is 1.26. The molecule has 98 valence electrons. The summed E-state index contributed by atoms with van der Waals surface area (Å²) in [7, 11) is 0. The highest BCUT2D eigenvalue weighted by molar-refractivity contribution is 5.90. The molecule has 2 rings (SSSR count). The van der Waals surface area contributed by atoms with Gasteiger partial charge in [-0.25, -0.2) is 18.7 Å². The molecule has 0 aliphatic heterocycles. The van der Waals surface area contributed by atoms with Crippen molar-refractivity contribution in [3.8, 4) is 5.75 Å². The lowest BCUT2D eigenvalue weighted by molar-refractivity contribution is -0.118. The number of hydrogen-bond acceptors (Lipinski definition) is 4. The van der Waals surface area contributed by atoms with E-state index < -0.39 is 24.1 Å². The van der Waals surface area contributed by atoms with Gasteiger partial charge < -0.3 is 4.74 Å². The number of carbonyl (C=O) groups is 1. The zero-order valence-electron chi connectivity index (χ0n) is 9.64. The number of hydrogen-bond donors (Lipinski definition) is 1. The Labute approximate surface area is 107 Å². The summed E-state index contributed by atoms with van der Waals surface area (Å²) >= 11 is 0. The molecule has 0 spiro atoms. The number of aromatic nitrogens is 2. The number of nitrogens with zero attached hydrogens (tertiary/aromatic N) is 2. The molecular weight excluding hydrogens is 256 g/mol. The van der Waals surface area contributed by atoms with Crippen molar-refractivity contribution in [1.82, 2.24) is 9.97 Å². The summed E-state index contributed by atoms with van der Waals surface area (Å²) in [6, 6.07) is 4.42. The second-order valence-electron chi connectivity index (χ2n) is 3.48. The first-order valence-electron chi connectivity index (χ1n) is 5.30. The van der Waals surface area contributed by atoms with E-state index in [2.05, 4.69) is 15.3 Å². The van der Waals surface area contributed by atoms with Crippen molar-refractivity contribution >= 4 is 11.9 Å². The molecule has 5 nitrogen and oxygen atoms in total. The van der Waals surface area contributed by atoms with E-state index in [1.54, 1.807) is 6.07 Å². The van der Waals surface area contributed by atoms with Gasteiger partial charge in [-0.3, -0.25) is 10.1 Å². The van der Waals surface area contributed by atoms with Gasteiger partial charge in [0.15, 0.2) is 18.2 Å². The molecule has 0 bridgehead atoms. The molecule has 0 saturated carbocycles. The van der Waals surface area contributed by atoms with Crippen LogP contribution in [0.5, 0.6) is 5.75 Å². The van der Waals surface area contributed by atoms with Gasteiger partial charge in [-0.05, 0) is 18.2 Å². The first-order valence-corrected chi connectivity index (χ1v) is 5.30. The van der Waals surface area contributed by atoms with Crippen LogP contribution >= 0.6 is 0 Å². The summed E-state index contributed by atoms with van der Waals surface area (Å²) in [5.41, 5.74) is 0.